The van der Waals surface area contributed by atoms with Crippen molar-refractivity contribution in [2.75, 3.05) is 11.1 Å². The van der Waals surface area contributed by atoms with Gasteiger partial charge in [-0.05, 0) is 66.4 Å². The van der Waals surface area contributed by atoms with Gasteiger partial charge in [0.25, 0.3) is 0 Å². The van der Waals surface area contributed by atoms with Crippen LogP contribution in [0.25, 0.3) is 0 Å². The first-order valence-corrected chi connectivity index (χ1v) is 13.1. The van der Waals surface area contributed by atoms with Crippen LogP contribution in [0.5, 0.6) is 0 Å². The van der Waals surface area contributed by atoms with E-state index in [1.54, 1.807) is 6.07 Å². The third-order valence-corrected chi connectivity index (χ3v) is 7.86. The van der Waals surface area contributed by atoms with Crippen LogP contribution in [0, 0.1) is 0 Å². The lowest BCUT2D eigenvalue weighted by Crippen LogP contribution is -2.33. The fourth-order valence-electron chi connectivity index (χ4n) is 4.52. The molecular weight excluding hydrogens is 442 g/mol. The Balaban J connectivity index is 1.56. The number of alkyl carbamates (subject to hydrolysis) is 1. The maximum Gasteiger partial charge on any atom is 0.407 e. The second-order valence-electron chi connectivity index (χ2n) is 10.2. The van der Waals surface area contributed by atoms with Crippen LogP contribution in [0.15, 0.2) is 23.2 Å². The minimum atomic E-state index is -3.24. The summed E-state index contributed by atoms with van der Waals surface area (Å²) in [5.74, 6) is 1.62. The molecular formula is C23H33N5O4S. The van der Waals surface area contributed by atoms with Gasteiger partial charge in [0, 0.05) is 29.8 Å². The Morgan fingerprint density at radius 2 is 2.03 bits per heavy atom. The summed E-state index contributed by atoms with van der Waals surface area (Å²) >= 11 is 0. The van der Waals surface area contributed by atoms with Crippen molar-refractivity contribution in [2.24, 2.45) is 0 Å². The molecule has 0 radical (unpaired) electrons. The van der Waals surface area contributed by atoms with Gasteiger partial charge in [0.15, 0.2) is 9.84 Å². The van der Waals surface area contributed by atoms with Crippen molar-refractivity contribution in [1.82, 2.24) is 20.1 Å². The number of hydrogen-bond donors (Lipinski definition) is 2. The molecule has 1 aliphatic carbocycles. The number of aromatic nitrogens is 3. The minimum absolute atomic E-state index is 0.0360. The zero-order chi connectivity index (χ0) is 24.0. The van der Waals surface area contributed by atoms with Crippen molar-refractivity contribution in [2.45, 2.75) is 88.8 Å². The minimum Gasteiger partial charge on any atom is -0.446 e. The predicted octanol–water partition coefficient (Wildman–Crippen LogP) is 3.88. The van der Waals surface area contributed by atoms with Gasteiger partial charge < -0.3 is 15.4 Å². The molecule has 10 heteroatoms. The van der Waals surface area contributed by atoms with Crippen molar-refractivity contribution in [3.05, 3.63) is 29.6 Å². The molecule has 2 aliphatic rings. The second-order valence-corrected chi connectivity index (χ2v) is 12.3. The number of pyridine rings is 1. The van der Waals surface area contributed by atoms with Crippen LogP contribution in [0.2, 0.25) is 0 Å². The highest BCUT2D eigenvalue weighted by atomic mass is 32.2. The van der Waals surface area contributed by atoms with E-state index in [0.717, 1.165) is 36.3 Å². The number of amides is 1. The van der Waals surface area contributed by atoms with Gasteiger partial charge >= 0.3 is 6.09 Å². The number of nitrogens with one attached hydrogen (secondary N) is 2. The van der Waals surface area contributed by atoms with Gasteiger partial charge in [-0.15, -0.1) is 0 Å². The molecule has 2 N–H and O–H groups in total. The zero-order valence-electron chi connectivity index (χ0n) is 19.9. The quantitative estimate of drug-likeness (QED) is 0.674. The maximum atomic E-state index is 12.3. The molecule has 9 nitrogen and oxygen atoms in total. The lowest BCUT2D eigenvalue weighted by Gasteiger charge is -2.23. The van der Waals surface area contributed by atoms with E-state index in [1.807, 2.05) is 24.6 Å². The Labute approximate surface area is 195 Å². The number of fused-ring (bicyclic) bond motifs is 1. The van der Waals surface area contributed by atoms with Gasteiger partial charge in [-0.2, -0.15) is 5.10 Å². The largest absolute Gasteiger partial charge is 0.446 e. The van der Waals surface area contributed by atoms with E-state index >= 15 is 0 Å². The van der Waals surface area contributed by atoms with Crippen LogP contribution in [0.1, 0.15) is 71.1 Å². The van der Waals surface area contributed by atoms with Crippen molar-refractivity contribution >= 4 is 27.6 Å². The summed E-state index contributed by atoms with van der Waals surface area (Å²) in [6.07, 6.45) is 3.88. The molecule has 0 spiro atoms. The number of hydrogen-bond acceptors (Lipinski definition) is 7. The zero-order valence-corrected chi connectivity index (χ0v) is 20.7. The number of sulfone groups is 1. The third-order valence-electron chi connectivity index (χ3n) is 6.06. The van der Waals surface area contributed by atoms with Crippen molar-refractivity contribution in [3.8, 4) is 0 Å². The Morgan fingerprint density at radius 1 is 1.27 bits per heavy atom. The molecule has 0 unspecified atom stereocenters. The van der Waals surface area contributed by atoms with E-state index in [-0.39, 0.29) is 35.4 Å². The number of nitrogens with zero attached hydrogens (tertiary/aromatic N) is 3. The van der Waals surface area contributed by atoms with Gasteiger partial charge in [0.2, 0.25) is 0 Å². The fourth-order valence-corrected chi connectivity index (χ4v) is 6.05. The Bertz CT molecular complexity index is 1150. The SMILES string of the molecule is CC(C)NC(=O)O[C@@H]1CC[C@H](c2cc(Nc3nccc4c3CCS4(=O)=O)n(C(C)(C)C)n2)C1. The summed E-state index contributed by atoms with van der Waals surface area (Å²) in [7, 11) is -3.24. The Hall–Kier alpha value is -2.62. The van der Waals surface area contributed by atoms with Crippen molar-refractivity contribution in [3.63, 3.8) is 0 Å². The van der Waals surface area contributed by atoms with E-state index in [2.05, 4.69) is 36.4 Å². The van der Waals surface area contributed by atoms with Gasteiger partial charge in [-0.3, -0.25) is 0 Å². The molecule has 0 aromatic carbocycles. The highest BCUT2D eigenvalue weighted by molar-refractivity contribution is 7.91. The average Bonchev–Trinajstić information content (AvgIpc) is 3.39. The molecule has 180 valence electrons. The van der Waals surface area contributed by atoms with Crippen molar-refractivity contribution < 1.29 is 17.9 Å². The molecule has 3 heterocycles. The topological polar surface area (TPSA) is 115 Å². The van der Waals surface area contributed by atoms with Crippen LogP contribution < -0.4 is 10.6 Å². The highest BCUT2D eigenvalue weighted by Crippen LogP contribution is 2.38. The fraction of sp³-hybridized carbons (Fsp3) is 0.609. The summed E-state index contributed by atoms with van der Waals surface area (Å²) < 4.78 is 32.1. The monoisotopic (exact) mass is 475 g/mol. The summed E-state index contributed by atoms with van der Waals surface area (Å²) in [5.41, 5.74) is 1.37. The summed E-state index contributed by atoms with van der Waals surface area (Å²) in [6.45, 7) is 10.0. The standard InChI is InChI=1S/C23H33N5O4S/c1-14(2)25-22(29)32-16-7-6-15(12-16)18-13-20(28(27-18)23(3,4)5)26-21-17-9-11-33(30,31)19(17)8-10-24-21/h8,10,13-16H,6-7,9,11-12H2,1-5H3,(H,24,26)(H,25,29)/t15-,16+/m0/s1. The highest BCUT2D eigenvalue weighted by Gasteiger charge is 2.33. The molecule has 2 aromatic rings. The van der Waals surface area contributed by atoms with Crippen molar-refractivity contribution in [1.29, 1.82) is 0 Å². The number of ether oxygens (including phenoxy) is 1. The second kappa shape index (κ2) is 8.62. The summed E-state index contributed by atoms with van der Waals surface area (Å²) in [6, 6.07) is 3.62. The van der Waals surface area contributed by atoms with E-state index in [4.69, 9.17) is 9.84 Å². The van der Waals surface area contributed by atoms with Gasteiger partial charge in [0.1, 0.15) is 17.7 Å². The first-order chi connectivity index (χ1) is 15.4. The molecule has 0 bridgehead atoms. The maximum absolute atomic E-state index is 12.3. The average molecular weight is 476 g/mol. The molecule has 4 rings (SSSR count). The Kier molecular flexibility index (Phi) is 6.15. The van der Waals surface area contributed by atoms with Gasteiger partial charge in [-0.25, -0.2) is 22.9 Å². The Morgan fingerprint density at radius 3 is 2.73 bits per heavy atom. The van der Waals surface area contributed by atoms with Crippen LogP contribution in [-0.4, -0.2) is 47.2 Å². The van der Waals surface area contributed by atoms with E-state index in [1.165, 1.54) is 6.20 Å². The van der Waals surface area contributed by atoms with E-state index < -0.39 is 9.84 Å². The predicted molar refractivity (Wildman–Crippen MR) is 126 cm³/mol. The molecule has 1 saturated carbocycles. The summed E-state index contributed by atoms with van der Waals surface area (Å²) in [5, 5.41) is 11.0. The van der Waals surface area contributed by atoms with Crippen LogP contribution in [0.3, 0.4) is 0 Å². The first-order valence-electron chi connectivity index (χ1n) is 11.5. The molecule has 2 atom stereocenters. The molecule has 1 fully saturated rings. The van der Waals surface area contributed by atoms with E-state index in [0.29, 0.717) is 17.1 Å². The van der Waals surface area contributed by atoms with Crippen LogP contribution >= 0.6 is 0 Å². The number of carbonyl (C=O) groups is 1. The third kappa shape index (κ3) is 5.00. The summed E-state index contributed by atoms with van der Waals surface area (Å²) in [4.78, 5) is 16.8. The number of rotatable bonds is 5. The normalized spacial score (nSPS) is 21.8. The molecule has 1 aliphatic heterocycles. The molecule has 0 saturated heterocycles. The lowest BCUT2D eigenvalue weighted by atomic mass is 10.0. The molecule has 2 aromatic heterocycles. The van der Waals surface area contributed by atoms with Crippen LogP contribution in [-0.2, 0) is 26.5 Å². The van der Waals surface area contributed by atoms with Crippen LogP contribution in [0.4, 0.5) is 16.4 Å². The first kappa shape index (κ1) is 23.5. The molecule has 33 heavy (non-hydrogen) atoms. The van der Waals surface area contributed by atoms with Gasteiger partial charge in [-0.1, -0.05) is 0 Å². The number of carbonyl (C=O) groups excluding carboxylic acids is 1. The smallest absolute Gasteiger partial charge is 0.407 e. The molecule has 1 amide bonds. The van der Waals surface area contributed by atoms with Gasteiger partial charge in [0.05, 0.1) is 21.9 Å². The number of anilines is 2. The lowest BCUT2D eigenvalue weighted by molar-refractivity contribution is 0.0981. The van der Waals surface area contributed by atoms with E-state index in [9.17, 15) is 13.2 Å².